The molecule has 0 amide bonds. The molecule has 0 aromatic heterocycles. The normalized spacial score (nSPS) is 19.4. The van der Waals surface area contributed by atoms with Crippen molar-refractivity contribution in [1.82, 2.24) is 10.3 Å². The Kier molecular flexibility index (Phi) is 8.00. The zero-order valence-electron chi connectivity index (χ0n) is 20.1. The molecule has 1 atom stereocenters. The van der Waals surface area contributed by atoms with Crippen LogP contribution < -0.4 is 21.0 Å². The number of nitrogens with zero attached hydrogens (tertiary/aromatic N) is 4. The van der Waals surface area contributed by atoms with Gasteiger partial charge in [0.1, 0.15) is 5.82 Å². The number of thiocarbonyl (C=S) groups is 1. The molecule has 182 valence electrons. The van der Waals surface area contributed by atoms with Crippen LogP contribution in [0.3, 0.4) is 0 Å². The van der Waals surface area contributed by atoms with Crippen molar-refractivity contribution in [3.63, 3.8) is 0 Å². The van der Waals surface area contributed by atoms with Gasteiger partial charge in [-0.25, -0.2) is 4.39 Å². The first-order valence-corrected chi connectivity index (χ1v) is 12.4. The Balaban J connectivity index is 1.52. The van der Waals surface area contributed by atoms with Crippen molar-refractivity contribution in [3.05, 3.63) is 59.4 Å². The molecule has 2 fully saturated rings. The van der Waals surface area contributed by atoms with Gasteiger partial charge in [0.25, 0.3) is 0 Å². The van der Waals surface area contributed by atoms with Gasteiger partial charge >= 0.3 is 0 Å². The molecule has 0 radical (unpaired) electrons. The van der Waals surface area contributed by atoms with E-state index in [0.717, 1.165) is 63.1 Å². The average Bonchev–Trinajstić information content (AvgIpc) is 3.31. The van der Waals surface area contributed by atoms with Crippen molar-refractivity contribution in [2.75, 3.05) is 50.1 Å². The number of rotatable bonds is 7. The average molecular weight is 483 g/mol. The molecule has 8 heteroatoms. The second-order valence-electron chi connectivity index (χ2n) is 9.57. The summed E-state index contributed by atoms with van der Waals surface area (Å²) in [7, 11) is 4.22. The van der Waals surface area contributed by atoms with Crippen LogP contribution in [0, 0.1) is 11.7 Å². The topological polar surface area (TPSA) is 60.1 Å². The van der Waals surface area contributed by atoms with Crippen LogP contribution in [0.1, 0.15) is 30.4 Å². The fraction of sp³-hybridized carbons (Fsp3) is 0.462. The van der Waals surface area contributed by atoms with Gasteiger partial charge in [0, 0.05) is 43.5 Å². The van der Waals surface area contributed by atoms with Crippen molar-refractivity contribution in [3.8, 4) is 0 Å². The first-order chi connectivity index (χ1) is 16.4. The highest BCUT2D eigenvalue weighted by Crippen LogP contribution is 2.34. The summed E-state index contributed by atoms with van der Waals surface area (Å²) in [5, 5.41) is 4.19. The smallest absolute Gasteiger partial charge is 0.184 e. The molecule has 6 nitrogen and oxygen atoms in total. The predicted molar refractivity (Wildman–Crippen MR) is 143 cm³/mol. The highest BCUT2D eigenvalue weighted by molar-refractivity contribution is 7.80. The SMILES string of the molecule is CN(C)[C@@H]1CCN(c2cc(N3CCC(Cc4ccccc4)CC3)c(F)cc2C=NNC(N)=S)C1. The zero-order chi connectivity index (χ0) is 24.1. The number of benzene rings is 2. The van der Waals surface area contributed by atoms with E-state index in [1.165, 1.54) is 5.56 Å². The standard InChI is InChI=1S/C26H35FN6S/c1-31(2)22-10-13-33(18-22)24-16-25(23(27)15-21(24)17-29-30-26(28)34)32-11-8-20(9-12-32)14-19-6-4-3-5-7-19/h3-7,15-17,20,22H,8-14,18H2,1-2H3,(H3,28,30,34)/t22-/m1/s1. The summed E-state index contributed by atoms with van der Waals surface area (Å²) >= 11 is 4.83. The van der Waals surface area contributed by atoms with Gasteiger partial charge in [0.05, 0.1) is 11.9 Å². The minimum atomic E-state index is -0.217. The summed E-state index contributed by atoms with van der Waals surface area (Å²) in [5.41, 5.74) is 11.9. The second kappa shape index (κ2) is 11.1. The Morgan fingerprint density at radius 2 is 1.82 bits per heavy atom. The monoisotopic (exact) mass is 482 g/mol. The molecule has 2 aliphatic heterocycles. The fourth-order valence-electron chi connectivity index (χ4n) is 5.06. The largest absolute Gasteiger partial charge is 0.375 e. The molecule has 2 aromatic carbocycles. The Morgan fingerprint density at radius 3 is 2.47 bits per heavy atom. The van der Waals surface area contributed by atoms with Gasteiger partial charge in [-0.05, 0) is 75.6 Å². The molecule has 34 heavy (non-hydrogen) atoms. The van der Waals surface area contributed by atoms with E-state index in [1.807, 2.05) is 6.07 Å². The van der Waals surface area contributed by atoms with Gasteiger partial charge in [-0.2, -0.15) is 5.10 Å². The molecule has 0 bridgehead atoms. The molecule has 2 heterocycles. The van der Waals surface area contributed by atoms with Crippen LogP contribution in [0.5, 0.6) is 0 Å². The second-order valence-corrected chi connectivity index (χ2v) is 10.0. The van der Waals surface area contributed by atoms with Crippen LogP contribution in [-0.2, 0) is 6.42 Å². The number of hydrazone groups is 1. The van der Waals surface area contributed by atoms with Crippen molar-refractivity contribution in [1.29, 1.82) is 0 Å². The Bertz CT molecular complexity index is 1000. The van der Waals surface area contributed by atoms with Crippen molar-refractivity contribution < 1.29 is 4.39 Å². The zero-order valence-corrected chi connectivity index (χ0v) is 20.9. The Labute approximate surface area is 207 Å². The number of hydrogen-bond donors (Lipinski definition) is 2. The van der Waals surface area contributed by atoms with Gasteiger partial charge < -0.3 is 20.4 Å². The van der Waals surface area contributed by atoms with Crippen molar-refractivity contribution in [2.45, 2.75) is 31.7 Å². The van der Waals surface area contributed by atoms with E-state index in [0.29, 0.717) is 17.6 Å². The first kappa shape index (κ1) is 24.4. The molecule has 0 aliphatic carbocycles. The van der Waals surface area contributed by atoms with E-state index in [1.54, 1.807) is 12.3 Å². The number of piperidine rings is 1. The lowest BCUT2D eigenvalue weighted by Crippen LogP contribution is -2.35. The summed E-state index contributed by atoms with van der Waals surface area (Å²) in [6, 6.07) is 14.7. The predicted octanol–water partition coefficient (Wildman–Crippen LogP) is 3.59. The van der Waals surface area contributed by atoms with E-state index in [2.05, 4.69) is 69.7 Å². The number of anilines is 2. The maximum atomic E-state index is 15.3. The van der Waals surface area contributed by atoms with E-state index in [-0.39, 0.29) is 10.9 Å². The number of likely N-dealkylation sites (N-methyl/N-ethyl adjacent to an activating group) is 1. The molecule has 0 spiro atoms. The van der Waals surface area contributed by atoms with Crippen molar-refractivity contribution >= 4 is 34.9 Å². The van der Waals surface area contributed by atoms with Crippen LogP contribution in [-0.4, -0.2) is 62.5 Å². The summed E-state index contributed by atoms with van der Waals surface area (Å²) < 4.78 is 15.3. The summed E-state index contributed by atoms with van der Waals surface area (Å²) in [6.45, 7) is 3.56. The fourth-order valence-corrected chi connectivity index (χ4v) is 5.11. The molecular formula is C26H35FN6S. The third-order valence-electron chi connectivity index (χ3n) is 7.03. The van der Waals surface area contributed by atoms with E-state index in [9.17, 15) is 0 Å². The van der Waals surface area contributed by atoms with E-state index < -0.39 is 0 Å². The molecule has 3 N–H and O–H groups in total. The van der Waals surface area contributed by atoms with Crippen LogP contribution in [0.4, 0.5) is 15.8 Å². The third-order valence-corrected chi connectivity index (χ3v) is 7.12. The highest BCUT2D eigenvalue weighted by atomic mass is 32.1. The molecule has 2 saturated heterocycles. The van der Waals surface area contributed by atoms with E-state index >= 15 is 4.39 Å². The Hall–Kier alpha value is -2.71. The molecule has 0 saturated carbocycles. The van der Waals surface area contributed by atoms with Crippen LogP contribution in [0.15, 0.2) is 47.6 Å². The van der Waals surface area contributed by atoms with Gasteiger partial charge in [-0.3, -0.25) is 5.43 Å². The van der Waals surface area contributed by atoms with Gasteiger partial charge in [0.15, 0.2) is 5.11 Å². The minimum absolute atomic E-state index is 0.0853. The Morgan fingerprint density at radius 1 is 1.12 bits per heavy atom. The lowest BCUT2D eigenvalue weighted by atomic mass is 9.90. The van der Waals surface area contributed by atoms with E-state index in [4.69, 9.17) is 18.0 Å². The quantitative estimate of drug-likeness (QED) is 0.357. The maximum Gasteiger partial charge on any atom is 0.184 e. The molecule has 2 aliphatic rings. The lowest BCUT2D eigenvalue weighted by molar-refractivity contribution is 0.315. The molecule has 4 rings (SSSR count). The first-order valence-electron chi connectivity index (χ1n) is 12.0. The van der Waals surface area contributed by atoms with Gasteiger partial charge in [-0.1, -0.05) is 30.3 Å². The van der Waals surface area contributed by atoms with Crippen LogP contribution in [0.25, 0.3) is 0 Å². The summed E-state index contributed by atoms with van der Waals surface area (Å²) in [4.78, 5) is 6.79. The third kappa shape index (κ3) is 6.04. The lowest BCUT2D eigenvalue weighted by Gasteiger charge is -2.35. The van der Waals surface area contributed by atoms with Gasteiger partial charge in [-0.15, -0.1) is 0 Å². The number of nitrogens with one attached hydrogen (secondary N) is 1. The number of nitrogens with two attached hydrogens (primary N) is 1. The number of halogens is 1. The van der Waals surface area contributed by atoms with Gasteiger partial charge in [0.2, 0.25) is 0 Å². The maximum absolute atomic E-state index is 15.3. The van der Waals surface area contributed by atoms with Crippen molar-refractivity contribution in [2.24, 2.45) is 16.8 Å². The minimum Gasteiger partial charge on any atom is -0.375 e. The van der Waals surface area contributed by atoms with Crippen LogP contribution in [0.2, 0.25) is 0 Å². The summed E-state index contributed by atoms with van der Waals surface area (Å²) in [5.74, 6) is 0.420. The molecule has 2 aromatic rings. The highest BCUT2D eigenvalue weighted by Gasteiger charge is 2.28. The molecular weight excluding hydrogens is 447 g/mol. The van der Waals surface area contributed by atoms with Crippen LogP contribution >= 0.6 is 12.2 Å². The molecule has 0 unspecified atom stereocenters. The summed E-state index contributed by atoms with van der Waals surface area (Å²) in [6.07, 6.45) is 5.91. The number of hydrogen-bond acceptors (Lipinski definition) is 5.